The molecule has 1 unspecified atom stereocenters. The summed E-state index contributed by atoms with van der Waals surface area (Å²) in [4.78, 5) is 12.1. The summed E-state index contributed by atoms with van der Waals surface area (Å²) in [5.41, 5.74) is 4.09. The van der Waals surface area contributed by atoms with Crippen LogP contribution in [0.25, 0.3) is 0 Å². The molecule has 0 fully saturated rings. The van der Waals surface area contributed by atoms with Crippen molar-refractivity contribution >= 4 is 11.6 Å². The molecule has 0 aliphatic heterocycles. The lowest BCUT2D eigenvalue weighted by Crippen LogP contribution is -2.35. The number of anilines is 1. The van der Waals surface area contributed by atoms with Crippen LogP contribution in [0, 0.1) is 13.8 Å². The third-order valence-corrected chi connectivity index (χ3v) is 3.63. The van der Waals surface area contributed by atoms with Gasteiger partial charge in [0.2, 0.25) is 5.91 Å². The fraction of sp³-hybridized carbons (Fsp3) is 0.278. The number of aliphatic hydroxyl groups is 1. The van der Waals surface area contributed by atoms with E-state index in [0.29, 0.717) is 0 Å². The number of hydrogen-bond donors (Lipinski definition) is 3. The van der Waals surface area contributed by atoms with Gasteiger partial charge in [-0.05, 0) is 30.5 Å². The zero-order chi connectivity index (χ0) is 15.9. The Bertz CT molecular complexity index is 606. The molecule has 2 aromatic carbocycles. The highest BCUT2D eigenvalue weighted by molar-refractivity contribution is 5.81. The second-order valence-electron chi connectivity index (χ2n) is 5.33. The predicted octanol–water partition coefficient (Wildman–Crippen LogP) is 2.57. The molecule has 3 N–H and O–H groups in total. The summed E-state index contributed by atoms with van der Waals surface area (Å²) >= 11 is 0. The molecule has 4 nitrogen and oxygen atoms in total. The van der Waals surface area contributed by atoms with E-state index in [2.05, 4.69) is 10.6 Å². The molecular weight excluding hydrogens is 276 g/mol. The maximum Gasteiger partial charge on any atom is 0.239 e. The van der Waals surface area contributed by atoms with Crippen LogP contribution < -0.4 is 10.6 Å². The molecule has 0 saturated carbocycles. The lowest BCUT2D eigenvalue weighted by Gasteiger charge is -2.18. The highest BCUT2D eigenvalue weighted by Crippen LogP contribution is 2.19. The number of aliphatic hydroxyl groups excluding tert-OH is 1. The van der Waals surface area contributed by atoms with Crippen molar-refractivity contribution in [3.05, 3.63) is 65.2 Å². The number of carbonyl (C=O) groups excluding carboxylic acids is 1. The van der Waals surface area contributed by atoms with Gasteiger partial charge in [0.15, 0.2) is 0 Å². The van der Waals surface area contributed by atoms with Gasteiger partial charge in [-0.15, -0.1) is 0 Å². The fourth-order valence-electron chi connectivity index (χ4n) is 2.43. The van der Waals surface area contributed by atoms with Gasteiger partial charge in [0.05, 0.1) is 19.2 Å². The quantitative estimate of drug-likeness (QED) is 0.768. The summed E-state index contributed by atoms with van der Waals surface area (Å²) in [7, 11) is 0. The van der Waals surface area contributed by atoms with Crippen molar-refractivity contribution in [1.82, 2.24) is 5.32 Å². The number of hydrogen-bond acceptors (Lipinski definition) is 3. The maximum absolute atomic E-state index is 12.1. The van der Waals surface area contributed by atoms with Crippen LogP contribution in [0.15, 0.2) is 48.5 Å². The molecule has 0 heterocycles. The van der Waals surface area contributed by atoms with Crippen LogP contribution in [0.1, 0.15) is 22.7 Å². The zero-order valence-corrected chi connectivity index (χ0v) is 13.0. The van der Waals surface area contributed by atoms with E-state index in [1.165, 1.54) is 0 Å². The summed E-state index contributed by atoms with van der Waals surface area (Å²) in [5, 5.41) is 15.5. The Hall–Kier alpha value is -2.33. The Labute approximate surface area is 131 Å². The molecule has 1 amide bonds. The first-order chi connectivity index (χ1) is 10.6. The first-order valence-electron chi connectivity index (χ1n) is 7.37. The van der Waals surface area contributed by atoms with Gasteiger partial charge in [-0.3, -0.25) is 4.79 Å². The predicted molar refractivity (Wildman–Crippen MR) is 88.8 cm³/mol. The summed E-state index contributed by atoms with van der Waals surface area (Å²) in [5.74, 6) is -0.148. The van der Waals surface area contributed by atoms with Gasteiger partial charge in [0.25, 0.3) is 0 Å². The largest absolute Gasteiger partial charge is 0.394 e. The van der Waals surface area contributed by atoms with Crippen molar-refractivity contribution in [3.8, 4) is 0 Å². The van der Waals surface area contributed by atoms with Crippen LogP contribution in [0.3, 0.4) is 0 Å². The molecule has 22 heavy (non-hydrogen) atoms. The van der Waals surface area contributed by atoms with Gasteiger partial charge >= 0.3 is 0 Å². The Morgan fingerprint density at radius 2 is 1.68 bits per heavy atom. The van der Waals surface area contributed by atoms with Crippen molar-refractivity contribution in [1.29, 1.82) is 0 Å². The van der Waals surface area contributed by atoms with E-state index in [-0.39, 0.29) is 25.1 Å². The smallest absolute Gasteiger partial charge is 0.239 e. The number of para-hydroxylation sites is 1. The molecule has 2 rings (SSSR count). The van der Waals surface area contributed by atoms with Crippen LogP contribution in [-0.4, -0.2) is 24.2 Å². The van der Waals surface area contributed by atoms with Crippen LogP contribution in [0.4, 0.5) is 5.69 Å². The molecule has 0 aliphatic rings. The minimum atomic E-state index is -0.381. The van der Waals surface area contributed by atoms with E-state index < -0.39 is 0 Å². The molecule has 0 bridgehead atoms. The van der Waals surface area contributed by atoms with Gasteiger partial charge in [0, 0.05) is 5.69 Å². The average Bonchev–Trinajstić information content (AvgIpc) is 2.53. The molecule has 0 radical (unpaired) electrons. The molecule has 2 aromatic rings. The Kier molecular flexibility index (Phi) is 5.55. The van der Waals surface area contributed by atoms with Crippen LogP contribution in [0.5, 0.6) is 0 Å². The van der Waals surface area contributed by atoms with E-state index in [4.69, 9.17) is 0 Å². The van der Waals surface area contributed by atoms with Crippen molar-refractivity contribution < 1.29 is 9.90 Å². The summed E-state index contributed by atoms with van der Waals surface area (Å²) in [6, 6.07) is 15.1. The van der Waals surface area contributed by atoms with Crippen molar-refractivity contribution in [2.24, 2.45) is 0 Å². The van der Waals surface area contributed by atoms with E-state index >= 15 is 0 Å². The molecule has 4 heteroatoms. The van der Waals surface area contributed by atoms with Gasteiger partial charge in [-0.25, -0.2) is 0 Å². The third-order valence-electron chi connectivity index (χ3n) is 3.63. The molecule has 0 spiro atoms. The highest BCUT2D eigenvalue weighted by atomic mass is 16.3. The lowest BCUT2D eigenvalue weighted by atomic mass is 10.1. The van der Waals surface area contributed by atoms with Gasteiger partial charge in [-0.2, -0.15) is 0 Å². The van der Waals surface area contributed by atoms with Crippen LogP contribution in [-0.2, 0) is 4.79 Å². The number of nitrogens with one attached hydrogen (secondary N) is 2. The molecule has 116 valence electrons. The summed E-state index contributed by atoms with van der Waals surface area (Å²) in [6.07, 6.45) is 0. The van der Waals surface area contributed by atoms with E-state index in [9.17, 15) is 9.90 Å². The van der Waals surface area contributed by atoms with Gasteiger partial charge in [-0.1, -0.05) is 48.5 Å². The second kappa shape index (κ2) is 7.61. The SMILES string of the molecule is Cc1cccc(C)c1NCC(=O)NC(CO)c1ccccc1. The number of benzene rings is 2. The molecule has 0 aliphatic carbocycles. The second-order valence-corrected chi connectivity index (χ2v) is 5.33. The normalized spacial score (nSPS) is 11.8. The summed E-state index contributed by atoms with van der Waals surface area (Å²) < 4.78 is 0. The van der Waals surface area contributed by atoms with Crippen LogP contribution in [0.2, 0.25) is 0 Å². The minimum Gasteiger partial charge on any atom is -0.394 e. The average molecular weight is 298 g/mol. The standard InChI is InChI=1S/C18H22N2O2/c1-13-7-6-8-14(2)18(13)19-11-17(22)20-16(12-21)15-9-4-3-5-10-15/h3-10,16,19,21H,11-12H2,1-2H3,(H,20,22). The Morgan fingerprint density at radius 1 is 1.05 bits per heavy atom. The third kappa shape index (κ3) is 4.09. The van der Waals surface area contributed by atoms with Gasteiger partial charge in [0.1, 0.15) is 0 Å². The van der Waals surface area contributed by atoms with Crippen molar-refractivity contribution in [2.45, 2.75) is 19.9 Å². The molecular formula is C18H22N2O2. The van der Waals surface area contributed by atoms with Crippen molar-refractivity contribution in [3.63, 3.8) is 0 Å². The van der Waals surface area contributed by atoms with Crippen LogP contribution >= 0.6 is 0 Å². The topological polar surface area (TPSA) is 61.4 Å². The van der Waals surface area contributed by atoms with E-state index in [1.54, 1.807) is 0 Å². The molecule has 0 saturated heterocycles. The maximum atomic E-state index is 12.1. The number of amides is 1. The number of carbonyl (C=O) groups is 1. The monoisotopic (exact) mass is 298 g/mol. The molecule has 0 aromatic heterocycles. The first-order valence-corrected chi connectivity index (χ1v) is 7.37. The zero-order valence-electron chi connectivity index (χ0n) is 13.0. The fourth-order valence-corrected chi connectivity index (χ4v) is 2.43. The lowest BCUT2D eigenvalue weighted by molar-refractivity contribution is -0.120. The summed E-state index contributed by atoms with van der Waals surface area (Å²) in [6.45, 7) is 4.07. The molecule has 1 atom stereocenters. The van der Waals surface area contributed by atoms with E-state index in [0.717, 1.165) is 22.4 Å². The Balaban J connectivity index is 1.95. The number of rotatable bonds is 6. The highest BCUT2D eigenvalue weighted by Gasteiger charge is 2.13. The van der Waals surface area contributed by atoms with Gasteiger partial charge < -0.3 is 15.7 Å². The minimum absolute atomic E-state index is 0.126. The van der Waals surface area contributed by atoms with Crippen molar-refractivity contribution in [2.75, 3.05) is 18.5 Å². The Morgan fingerprint density at radius 3 is 2.27 bits per heavy atom. The van der Waals surface area contributed by atoms with E-state index in [1.807, 2.05) is 62.4 Å². The number of aryl methyl sites for hydroxylation is 2. The first kappa shape index (κ1) is 16.0.